The van der Waals surface area contributed by atoms with Gasteiger partial charge in [-0.3, -0.25) is 0 Å². The van der Waals surface area contributed by atoms with Gasteiger partial charge < -0.3 is 14.9 Å². The number of hydrogen-bond acceptors (Lipinski definition) is 3. The summed E-state index contributed by atoms with van der Waals surface area (Å²) in [6.07, 6.45) is 0. The summed E-state index contributed by atoms with van der Waals surface area (Å²) >= 11 is 0. The number of rotatable bonds is 3. The van der Waals surface area contributed by atoms with Crippen molar-refractivity contribution in [1.82, 2.24) is 0 Å². The third-order valence-corrected chi connectivity index (χ3v) is 2.62. The smallest absolute Gasteiger partial charge is 0.335 e. The van der Waals surface area contributed by atoms with Crippen LogP contribution in [0, 0.1) is 0 Å². The quantitative estimate of drug-likeness (QED) is 0.871. The van der Waals surface area contributed by atoms with E-state index in [9.17, 15) is 9.90 Å². The molecule has 2 aromatic rings. The van der Waals surface area contributed by atoms with E-state index in [0.29, 0.717) is 16.9 Å². The molecule has 0 aliphatic heterocycles. The Morgan fingerprint density at radius 1 is 1.17 bits per heavy atom. The molecule has 0 heterocycles. The van der Waals surface area contributed by atoms with Crippen LogP contribution in [-0.2, 0) is 0 Å². The fraction of sp³-hybridized carbons (Fsp3) is 0.0714. The van der Waals surface area contributed by atoms with E-state index in [1.165, 1.54) is 25.3 Å². The number of benzene rings is 2. The number of aromatic hydroxyl groups is 1. The van der Waals surface area contributed by atoms with E-state index in [4.69, 9.17) is 9.84 Å². The summed E-state index contributed by atoms with van der Waals surface area (Å²) in [5, 5.41) is 18.7. The van der Waals surface area contributed by atoms with E-state index in [1.54, 1.807) is 24.3 Å². The predicted octanol–water partition coefficient (Wildman–Crippen LogP) is 2.77. The number of phenolic OH excluding ortho intramolecular Hbond substituents is 1. The molecule has 2 N–H and O–H groups in total. The minimum Gasteiger partial charge on any atom is -0.507 e. The maximum absolute atomic E-state index is 10.9. The Morgan fingerprint density at radius 3 is 2.61 bits per heavy atom. The van der Waals surface area contributed by atoms with Crippen molar-refractivity contribution < 1.29 is 19.7 Å². The standard InChI is InChI=1S/C14H12O4/c1-18-11-5-6-13(15)12(8-11)9-3-2-4-10(7-9)14(16)17/h2-8,15H,1H3,(H,16,17). The molecule has 92 valence electrons. The summed E-state index contributed by atoms with van der Waals surface area (Å²) in [5.74, 6) is -0.318. The van der Waals surface area contributed by atoms with Crippen LogP contribution in [0.15, 0.2) is 42.5 Å². The monoisotopic (exact) mass is 244 g/mol. The minimum absolute atomic E-state index is 0.0818. The molecular weight excluding hydrogens is 232 g/mol. The second-order valence-electron chi connectivity index (χ2n) is 3.77. The lowest BCUT2D eigenvalue weighted by Crippen LogP contribution is -1.95. The third-order valence-electron chi connectivity index (χ3n) is 2.62. The van der Waals surface area contributed by atoms with Gasteiger partial charge in [-0.15, -0.1) is 0 Å². The largest absolute Gasteiger partial charge is 0.507 e. The van der Waals surface area contributed by atoms with Crippen LogP contribution in [0.25, 0.3) is 11.1 Å². The molecule has 0 spiro atoms. The number of aromatic carboxylic acids is 1. The third kappa shape index (κ3) is 2.27. The summed E-state index contributed by atoms with van der Waals surface area (Å²) < 4.78 is 5.08. The van der Waals surface area contributed by atoms with Gasteiger partial charge in [0.2, 0.25) is 0 Å². The molecule has 4 nitrogen and oxygen atoms in total. The molecule has 0 saturated heterocycles. The maximum Gasteiger partial charge on any atom is 0.335 e. The number of phenols is 1. The lowest BCUT2D eigenvalue weighted by molar-refractivity contribution is 0.0697. The van der Waals surface area contributed by atoms with Crippen LogP contribution >= 0.6 is 0 Å². The van der Waals surface area contributed by atoms with Crippen LogP contribution in [-0.4, -0.2) is 23.3 Å². The number of methoxy groups -OCH3 is 1. The molecular formula is C14H12O4. The molecule has 0 aliphatic carbocycles. The molecule has 0 aliphatic rings. The highest BCUT2D eigenvalue weighted by atomic mass is 16.5. The summed E-state index contributed by atoms with van der Waals surface area (Å²) in [4.78, 5) is 10.9. The van der Waals surface area contributed by atoms with Crippen molar-refractivity contribution in [3.63, 3.8) is 0 Å². The molecule has 0 bridgehead atoms. The molecule has 0 radical (unpaired) electrons. The van der Waals surface area contributed by atoms with Gasteiger partial charge in [-0.1, -0.05) is 12.1 Å². The Morgan fingerprint density at radius 2 is 1.94 bits per heavy atom. The van der Waals surface area contributed by atoms with Crippen molar-refractivity contribution in [2.75, 3.05) is 7.11 Å². The molecule has 0 aromatic heterocycles. The Balaban J connectivity index is 2.54. The normalized spacial score (nSPS) is 10.1. The molecule has 2 rings (SSSR count). The van der Waals surface area contributed by atoms with Gasteiger partial charge in [0.25, 0.3) is 0 Å². The Labute approximate surface area is 104 Å². The van der Waals surface area contributed by atoms with Crippen LogP contribution in [0.4, 0.5) is 0 Å². The second kappa shape index (κ2) is 4.79. The number of hydrogen-bond donors (Lipinski definition) is 2. The van der Waals surface area contributed by atoms with Crippen molar-refractivity contribution >= 4 is 5.97 Å². The lowest BCUT2D eigenvalue weighted by atomic mass is 10.0. The van der Waals surface area contributed by atoms with Crippen molar-refractivity contribution in [3.05, 3.63) is 48.0 Å². The van der Waals surface area contributed by atoms with E-state index in [2.05, 4.69) is 0 Å². The van der Waals surface area contributed by atoms with Crippen LogP contribution in [0.5, 0.6) is 11.5 Å². The Bertz CT molecular complexity index is 590. The zero-order valence-corrected chi connectivity index (χ0v) is 9.75. The topological polar surface area (TPSA) is 66.8 Å². The van der Waals surface area contributed by atoms with E-state index < -0.39 is 5.97 Å². The molecule has 0 saturated carbocycles. The molecule has 18 heavy (non-hydrogen) atoms. The second-order valence-corrected chi connectivity index (χ2v) is 3.77. The first-order valence-corrected chi connectivity index (χ1v) is 5.32. The van der Waals surface area contributed by atoms with Gasteiger partial charge in [-0.2, -0.15) is 0 Å². The van der Waals surface area contributed by atoms with Crippen molar-refractivity contribution in [2.24, 2.45) is 0 Å². The predicted molar refractivity (Wildman–Crippen MR) is 67.1 cm³/mol. The molecule has 0 fully saturated rings. The van der Waals surface area contributed by atoms with Crippen LogP contribution in [0.3, 0.4) is 0 Å². The molecule has 0 unspecified atom stereocenters. The fourth-order valence-electron chi connectivity index (χ4n) is 1.69. The Kier molecular flexibility index (Phi) is 3.19. The van der Waals surface area contributed by atoms with Gasteiger partial charge in [-0.05, 0) is 35.9 Å². The van der Waals surface area contributed by atoms with Gasteiger partial charge in [0, 0.05) is 5.56 Å². The van der Waals surface area contributed by atoms with E-state index in [-0.39, 0.29) is 11.3 Å². The van der Waals surface area contributed by atoms with Crippen molar-refractivity contribution in [1.29, 1.82) is 0 Å². The van der Waals surface area contributed by atoms with Gasteiger partial charge >= 0.3 is 5.97 Å². The lowest BCUT2D eigenvalue weighted by Gasteiger charge is -2.08. The first kappa shape index (κ1) is 12.0. The van der Waals surface area contributed by atoms with Crippen LogP contribution < -0.4 is 4.74 Å². The van der Waals surface area contributed by atoms with E-state index in [1.807, 2.05) is 0 Å². The summed E-state index contributed by atoms with van der Waals surface area (Å²) in [5.41, 5.74) is 1.35. The maximum atomic E-state index is 10.9. The van der Waals surface area contributed by atoms with Crippen molar-refractivity contribution in [2.45, 2.75) is 0 Å². The average Bonchev–Trinajstić information content (AvgIpc) is 2.39. The van der Waals surface area contributed by atoms with Crippen LogP contribution in [0.1, 0.15) is 10.4 Å². The van der Waals surface area contributed by atoms with E-state index in [0.717, 1.165) is 0 Å². The SMILES string of the molecule is COc1ccc(O)c(-c2cccc(C(=O)O)c2)c1. The number of carbonyl (C=O) groups is 1. The highest BCUT2D eigenvalue weighted by molar-refractivity contribution is 5.89. The number of carboxylic acids is 1. The first-order valence-electron chi connectivity index (χ1n) is 5.32. The van der Waals surface area contributed by atoms with Gasteiger partial charge in [0.15, 0.2) is 0 Å². The highest BCUT2D eigenvalue weighted by Crippen LogP contribution is 2.32. The Hall–Kier alpha value is -2.49. The van der Waals surface area contributed by atoms with Crippen molar-refractivity contribution in [3.8, 4) is 22.6 Å². The number of ether oxygens (including phenoxy) is 1. The summed E-state index contributed by atoms with van der Waals surface area (Å²) in [6, 6.07) is 11.2. The summed E-state index contributed by atoms with van der Waals surface area (Å²) in [7, 11) is 1.53. The molecule has 4 heteroatoms. The fourth-order valence-corrected chi connectivity index (χ4v) is 1.69. The number of carboxylic acid groups (broad SMARTS) is 1. The average molecular weight is 244 g/mol. The highest BCUT2D eigenvalue weighted by Gasteiger charge is 2.09. The van der Waals surface area contributed by atoms with Gasteiger partial charge in [0.1, 0.15) is 11.5 Å². The molecule has 2 aromatic carbocycles. The van der Waals surface area contributed by atoms with Gasteiger partial charge in [0.05, 0.1) is 12.7 Å². The summed E-state index contributed by atoms with van der Waals surface area (Å²) in [6.45, 7) is 0. The zero-order chi connectivity index (χ0) is 13.1. The van der Waals surface area contributed by atoms with Crippen LogP contribution in [0.2, 0.25) is 0 Å². The zero-order valence-electron chi connectivity index (χ0n) is 9.75. The first-order chi connectivity index (χ1) is 8.61. The minimum atomic E-state index is -1.00. The van der Waals surface area contributed by atoms with E-state index >= 15 is 0 Å². The van der Waals surface area contributed by atoms with Gasteiger partial charge in [-0.25, -0.2) is 4.79 Å². The molecule has 0 amide bonds. The molecule has 0 atom stereocenters.